The molecule has 0 amide bonds. The fourth-order valence-corrected chi connectivity index (χ4v) is 1.41. The van der Waals surface area contributed by atoms with Crippen molar-refractivity contribution in [3.63, 3.8) is 0 Å². The van der Waals surface area contributed by atoms with E-state index in [1.54, 1.807) is 6.07 Å². The van der Waals surface area contributed by atoms with Gasteiger partial charge in [0.1, 0.15) is 18.2 Å². The van der Waals surface area contributed by atoms with Crippen LogP contribution in [0.15, 0.2) is 6.07 Å². The predicted molar refractivity (Wildman–Crippen MR) is 76.9 cm³/mol. The lowest BCUT2D eigenvalue weighted by atomic mass is 9.96. The van der Waals surface area contributed by atoms with Gasteiger partial charge in [0.25, 0.3) is 0 Å². The number of hydrogen-bond donors (Lipinski definition) is 1. The highest BCUT2D eigenvalue weighted by atomic mass is 16.5. The summed E-state index contributed by atoms with van der Waals surface area (Å²) in [5.41, 5.74) is -0.107. The van der Waals surface area contributed by atoms with Gasteiger partial charge in [0.2, 0.25) is 5.88 Å². The first-order valence-electron chi connectivity index (χ1n) is 6.75. The Balaban J connectivity index is 2.67. The SMILES string of the molecule is CCCOCCOc1cc(NC)nc(C(C)(C)C)n1. The molecule has 0 saturated heterocycles. The maximum atomic E-state index is 5.61. The zero-order valence-electron chi connectivity index (χ0n) is 12.6. The summed E-state index contributed by atoms with van der Waals surface area (Å²) in [7, 11) is 1.84. The van der Waals surface area contributed by atoms with Crippen LogP contribution in [0.25, 0.3) is 0 Å². The third-order valence-electron chi connectivity index (χ3n) is 2.46. The highest BCUT2D eigenvalue weighted by Crippen LogP contribution is 2.22. The Morgan fingerprint density at radius 3 is 2.47 bits per heavy atom. The Labute approximate surface area is 115 Å². The molecule has 0 atom stereocenters. The van der Waals surface area contributed by atoms with Gasteiger partial charge in [-0.15, -0.1) is 0 Å². The third-order valence-corrected chi connectivity index (χ3v) is 2.46. The smallest absolute Gasteiger partial charge is 0.218 e. The lowest BCUT2D eigenvalue weighted by Gasteiger charge is -2.18. The summed E-state index contributed by atoms with van der Waals surface area (Å²) >= 11 is 0. The molecule has 0 aromatic carbocycles. The summed E-state index contributed by atoms with van der Waals surface area (Å²) < 4.78 is 11.0. The van der Waals surface area contributed by atoms with Crippen LogP contribution >= 0.6 is 0 Å². The zero-order chi connectivity index (χ0) is 14.3. The van der Waals surface area contributed by atoms with Crippen LogP contribution in [0.2, 0.25) is 0 Å². The molecule has 0 spiro atoms. The minimum atomic E-state index is -0.107. The minimum absolute atomic E-state index is 0.107. The molecule has 5 nitrogen and oxygen atoms in total. The third kappa shape index (κ3) is 5.42. The second-order valence-electron chi connectivity index (χ2n) is 5.38. The summed E-state index contributed by atoms with van der Waals surface area (Å²) in [5, 5.41) is 3.03. The highest BCUT2D eigenvalue weighted by molar-refractivity contribution is 5.38. The van der Waals surface area contributed by atoms with Crippen LogP contribution in [-0.4, -0.2) is 36.8 Å². The Bertz CT molecular complexity index is 389. The van der Waals surface area contributed by atoms with Crippen molar-refractivity contribution in [1.29, 1.82) is 0 Å². The van der Waals surface area contributed by atoms with E-state index in [9.17, 15) is 0 Å². The van der Waals surface area contributed by atoms with Gasteiger partial charge in [0, 0.05) is 25.1 Å². The number of nitrogens with one attached hydrogen (secondary N) is 1. The quantitative estimate of drug-likeness (QED) is 0.770. The summed E-state index contributed by atoms with van der Waals surface area (Å²) in [6.07, 6.45) is 1.02. The average molecular weight is 267 g/mol. The maximum Gasteiger partial charge on any atom is 0.218 e. The topological polar surface area (TPSA) is 56.3 Å². The molecule has 108 valence electrons. The molecule has 5 heteroatoms. The molecule has 0 fully saturated rings. The molecule has 1 N–H and O–H groups in total. The van der Waals surface area contributed by atoms with Crippen molar-refractivity contribution < 1.29 is 9.47 Å². The molecule has 0 radical (unpaired) electrons. The average Bonchev–Trinajstić information content (AvgIpc) is 2.37. The standard InChI is InChI=1S/C14H25N3O2/c1-6-7-18-8-9-19-12-10-11(15-5)16-13(17-12)14(2,3)4/h10H,6-9H2,1-5H3,(H,15,16,17). The second-order valence-corrected chi connectivity index (χ2v) is 5.38. The number of aromatic nitrogens is 2. The van der Waals surface area contributed by atoms with Gasteiger partial charge in [-0.05, 0) is 6.42 Å². The van der Waals surface area contributed by atoms with E-state index in [1.807, 2.05) is 7.05 Å². The molecular weight excluding hydrogens is 242 g/mol. The summed E-state index contributed by atoms with van der Waals surface area (Å²) in [6.45, 7) is 10.2. The van der Waals surface area contributed by atoms with E-state index >= 15 is 0 Å². The fourth-order valence-electron chi connectivity index (χ4n) is 1.41. The van der Waals surface area contributed by atoms with E-state index in [4.69, 9.17) is 9.47 Å². The first-order valence-corrected chi connectivity index (χ1v) is 6.75. The maximum absolute atomic E-state index is 5.61. The summed E-state index contributed by atoms with van der Waals surface area (Å²) in [6, 6.07) is 1.80. The lowest BCUT2D eigenvalue weighted by Crippen LogP contribution is -2.18. The molecule has 0 aliphatic carbocycles. The number of ether oxygens (including phenoxy) is 2. The molecule has 0 saturated carbocycles. The van der Waals surface area contributed by atoms with E-state index in [1.165, 1.54) is 0 Å². The number of hydrogen-bond acceptors (Lipinski definition) is 5. The van der Waals surface area contributed by atoms with Crippen LogP contribution in [-0.2, 0) is 10.2 Å². The molecule has 0 bridgehead atoms. The first-order chi connectivity index (χ1) is 8.97. The second kappa shape index (κ2) is 7.28. The van der Waals surface area contributed by atoms with Crippen molar-refractivity contribution in [2.75, 3.05) is 32.2 Å². The van der Waals surface area contributed by atoms with Gasteiger partial charge in [-0.3, -0.25) is 0 Å². The van der Waals surface area contributed by atoms with Gasteiger partial charge in [0.15, 0.2) is 0 Å². The van der Waals surface area contributed by atoms with Gasteiger partial charge < -0.3 is 14.8 Å². The van der Waals surface area contributed by atoms with Gasteiger partial charge in [0.05, 0.1) is 6.61 Å². The van der Waals surface area contributed by atoms with Gasteiger partial charge in [-0.1, -0.05) is 27.7 Å². The van der Waals surface area contributed by atoms with Crippen molar-refractivity contribution in [2.24, 2.45) is 0 Å². The summed E-state index contributed by atoms with van der Waals surface area (Å²) in [5.74, 6) is 2.12. The van der Waals surface area contributed by atoms with Crippen LogP contribution in [0.1, 0.15) is 39.9 Å². The monoisotopic (exact) mass is 267 g/mol. The summed E-state index contributed by atoms with van der Waals surface area (Å²) in [4.78, 5) is 8.89. The zero-order valence-corrected chi connectivity index (χ0v) is 12.6. The molecule has 1 heterocycles. The largest absolute Gasteiger partial charge is 0.475 e. The molecule has 1 aromatic rings. The van der Waals surface area contributed by atoms with E-state index in [-0.39, 0.29) is 5.41 Å². The van der Waals surface area contributed by atoms with E-state index in [0.717, 1.165) is 24.7 Å². The van der Waals surface area contributed by atoms with Crippen LogP contribution in [0, 0.1) is 0 Å². The molecule has 0 aliphatic rings. The number of nitrogens with zero attached hydrogens (tertiary/aromatic N) is 2. The van der Waals surface area contributed by atoms with Crippen molar-refractivity contribution >= 4 is 5.82 Å². The van der Waals surface area contributed by atoms with E-state index < -0.39 is 0 Å². The first kappa shape index (κ1) is 15.7. The van der Waals surface area contributed by atoms with Crippen LogP contribution in [0.5, 0.6) is 5.88 Å². The van der Waals surface area contributed by atoms with E-state index in [0.29, 0.717) is 19.1 Å². The number of rotatable bonds is 7. The van der Waals surface area contributed by atoms with Gasteiger partial charge >= 0.3 is 0 Å². The molecule has 1 aromatic heterocycles. The number of anilines is 1. The Kier molecular flexibility index (Phi) is 6.02. The molecule has 19 heavy (non-hydrogen) atoms. The van der Waals surface area contributed by atoms with Crippen molar-refractivity contribution in [3.8, 4) is 5.88 Å². The minimum Gasteiger partial charge on any atom is -0.475 e. The Hall–Kier alpha value is -1.36. The normalized spacial score (nSPS) is 11.4. The van der Waals surface area contributed by atoms with E-state index in [2.05, 4.69) is 43.0 Å². The van der Waals surface area contributed by atoms with Crippen LogP contribution in [0.4, 0.5) is 5.82 Å². The van der Waals surface area contributed by atoms with Crippen LogP contribution in [0.3, 0.4) is 0 Å². The molecule has 0 aliphatic heterocycles. The molecular formula is C14H25N3O2. The Morgan fingerprint density at radius 2 is 1.89 bits per heavy atom. The molecule has 0 unspecified atom stereocenters. The van der Waals surface area contributed by atoms with Crippen LogP contribution < -0.4 is 10.1 Å². The van der Waals surface area contributed by atoms with Crippen molar-refractivity contribution in [2.45, 2.75) is 39.5 Å². The fraction of sp³-hybridized carbons (Fsp3) is 0.714. The van der Waals surface area contributed by atoms with Crippen molar-refractivity contribution in [1.82, 2.24) is 9.97 Å². The van der Waals surface area contributed by atoms with Gasteiger partial charge in [-0.25, -0.2) is 4.98 Å². The molecule has 1 rings (SSSR count). The lowest BCUT2D eigenvalue weighted by molar-refractivity contribution is 0.0988. The van der Waals surface area contributed by atoms with Crippen molar-refractivity contribution in [3.05, 3.63) is 11.9 Å². The predicted octanol–water partition coefficient (Wildman–Crippen LogP) is 2.62. The Morgan fingerprint density at radius 1 is 1.16 bits per heavy atom. The highest BCUT2D eigenvalue weighted by Gasteiger charge is 2.19. The van der Waals surface area contributed by atoms with Gasteiger partial charge in [-0.2, -0.15) is 4.98 Å².